The molecular formula is C18H20N2O3. The molecule has 0 unspecified atom stereocenters. The van der Waals surface area contributed by atoms with Crippen molar-refractivity contribution in [3.8, 4) is 5.75 Å². The monoisotopic (exact) mass is 312 g/mol. The second-order valence-corrected chi connectivity index (χ2v) is 5.00. The molecule has 0 spiro atoms. The highest BCUT2D eigenvalue weighted by molar-refractivity contribution is 5.94. The first-order valence-corrected chi connectivity index (χ1v) is 7.42. The molecule has 0 aromatic heterocycles. The van der Waals surface area contributed by atoms with E-state index in [1.807, 2.05) is 30.3 Å². The standard InChI is InChI=1S/C18H20N2O3/c1-23-16-9-5-8-15(12-16)18(22)19-11-10-17(21)20-13-14-6-3-2-4-7-14/h2-9,12H,10-11,13H2,1H3,(H,19,22)(H,20,21). The van der Waals surface area contributed by atoms with Gasteiger partial charge in [0.15, 0.2) is 0 Å². The summed E-state index contributed by atoms with van der Waals surface area (Å²) in [7, 11) is 1.55. The zero-order valence-electron chi connectivity index (χ0n) is 13.0. The summed E-state index contributed by atoms with van der Waals surface area (Å²) < 4.78 is 5.08. The molecule has 2 amide bonds. The van der Waals surface area contributed by atoms with Gasteiger partial charge in [0, 0.05) is 25.1 Å². The maximum atomic E-state index is 12.0. The molecule has 0 bridgehead atoms. The molecule has 2 aromatic carbocycles. The smallest absolute Gasteiger partial charge is 0.251 e. The number of ether oxygens (including phenoxy) is 1. The molecule has 2 rings (SSSR count). The summed E-state index contributed by atoms with van der Waals surface area (Å²) in [5, 5.41) is 5.54. The minimum absolute atomic E-state index is 0.0974. The van der Waals surface area contributed by atoms with Crippen LogP contribution in [0.1, 0.15) is 22.3 Å². The number of methoxy groups -OCH3 is 1. The number of amides is 2. The number of hydrogen-bond acceptors (Lipinski definition) is 3. The van der Waals surface area contributed by atoms with Gasteiger partial charge in [-0.15, -0.1) is 0 Å². The fourth-order valence-corrected chi connectivity index (χ4v) is 2.04. The topological polar surface area (TPSA) is 67.4 Å². The highest BCUT2D eigenvalue weighted by Gasteiger charge is 2.07. The van der Waals surface area contributed by atoms with Crippen LogP contribution in [0.5, 0.6) is 5.75 Å². The molecule has 2 N–H and O–H groups in total. The van der Waals surface area contributed by atoms with E-state index in [0.29, 0.717) is 17.9 Å². The summed E-state index contributed by atoms with van der Waals surface area (Å²) in [4.78, 5) is 23.7. The summed E-state index contributed by atoms with van der Waals surface area (Å²) in [5.74, 6) is 0.304. The van der Waals surface area contributed by atoms with Gasteiger partial charge in [-0.2, -0.15) is 0 Å². The van der Waals surface area contributed by atoms with Crippen LogP contribution in [-0.4, -0.2) is 25.5 Å². The minimum Gasteiger partial charge on any atom is -0.497 e. The van der Waals surface area contributed by atoms with Gasteiger partial charge in [-0.1, -0.05) is 36.4 Å². The molecule has 0 radical (unpaired) electrons. The van der Waals surface area contributed by atoms with Crippen LogP contribution in [0.3, 0.4) is 0 Å². The fourth-order valence-electron chi connectivity index (χ4n) is 2.04. The molecule has 0 fully saturated rings. The third-order valence-electron chi connectivity index (χ3n) is 3.30. The third kappa shape index (κ3) is 5.47. The SMILES string of the molecule is COc1cccc(C(=O)NCCC(=O)NCc2ccccc2)c1. The number of hydrogen-bond donors (Lipinski definition) is 2. The Hall–Kier alpha value is -2.82. The highest BCUT2D eigenvalue weighted by atomic mass is 16.5. The Morgan fingerprint density at radius 1 is 1.00 bits per heavy atom. The van der Waals surface area contributed by atoms with Gasteiger partial charge in [0.25, 0.3) is 5.91 Å². The van der Waals surface area contributed by atoms with Crippen molar-refractivity contribution >= 4 is 11.8 Å². The minimum atomic E-state index is -0.222. The molecule has 5 nitrogen and oxygen atoms in total. The van der Waals surface area contributed by atoms with E-state index in [0.717, 1.165) is 5.56 Å². The van der Waals surface area contributed by atoms with Crippen LogP contribution >= 0.6 is 0 Å². The molecule has 0 atom stereocenters. The zero-order valence-corrected chi connectivity index (χ0v) is 13.0. The van der Waals surface area contributed by atoms with Gasteiger partial charge >= 0.3 is 0 Å². The van der Waals surface area contributed by atoms with E-state index in [1.165, 1.54) is 0 Å². The molecule has 23 heavy (non-hydrogen) atoms. The Kier molecular flexibility index (Phi) is 6.17. The first-order chi connectivity index (χ1) is 11.2. The third-order valence-corrected chi connectivity index (χ3v) is 3.30. The largest absolute Gasteiger partial charge is 0.497 e. The molecular weight excluding hydrogens is 292 g/mol. The average Bonchev–Trinajstić information content (AvgIpc) is 2.60. The predicted molar refractivity (Wildman–Crippen MR) is 88.2 cm³/mol. The van der Waals surface area contributed by atoms with Gasteiger partial charge in [-0.3, -0.25) is 9.59 Å². The number of nitrogens with one attached hydrogen (secondary N) is 2. The van der Waals surface area contributed by atoms with E-state index < -0.39 is 0 Å². The summed E-state index contributed by atoms with van der Waals surface area (Å²) in [6.07, 6.45) is 0.239. The van der Waals surface area contributed by atoms with E-state index in [1.54, 1.807) is 31.4 Å². The molecule has 5 heteroatoms. The first-order valence-electron chi connectivity index (χ1n) is 7.42. The first kappa shape index (κ1) is 16.5. The lowest BCUT2D eigenvalue weighted by Gasteiger charge is -2.08. The second kappa shape index (κ2) is 8.58. The molecule has 0 heterocycles. The summed E-state index contributed by atoms with van der Waals surface area (Å²) >= 11 is 0. The van der Waals surface area contributed by atoms with Crippen LogP contribution < -0.4 is 15.4 Å². The lowest BCUT2D eigenvalue weighted by molar-refractivity contribution is -0.121. The van der Waals surface area contributed by atoms with E-state index in [-0.39, 0.29) is 24.8 Å². The van der Waals surface area contributed by atoms with E-state index in [9.17, 15) is 9.59 Å². The molecule has 0 aliphatic carbocycles. The van der Waals surface area contributed by atoms with Crippen LogP contribution in [0.25, 0.3) is 0 Å². The van der Waals surface area contributed by atoms with Crippen LogP contribution in [0.15, 0.2) is 54.6 Å². The van der Waals surface area contributed by atoms with E-state index in [2.05, 4.69) is 10.6 Å². The number of carbonyl (C=O) groups is 2. The van der Waals surface area contributed by atoms with Gasteiger partial charge < -0.3 is 15.4 Å². The maximum absolute atomic E-state index is 12.0. The van der Waals surface area contributed by atoms with Crippen molar-refractivity contribution in [3.05, 3.63) is 65.7 Å². The van der Waals surface area contributed by atoms with Gasteiger partial charge in [0.1, 0.15) is 5.75 Å². The molecule has 2 aromatic rings. The van der Waals surface area contributed by atoms with Crippen molar-refractivity contribution in [1.29, 1.82) is 0 Å². The molecule has 0 aliphatic heterocycles. The zero-order chi connectivity index (χ0) is 16.5. The number of carbonyl (C=O) groups excluding carboxylic acids is 2. The molecule has 0 aliphatic rings. The number of benzene rings is 2. The fraction of sp³-hybridized carbons (Fsp3) is 0.222. The van der Waals surface area contributed by atoms with Gasteiger partial charge in [-0.05, 0) is 23.8 Å². The van der Waals surface area contributed by atoms with Crippen LogP contribution in [0.4, 0.5) is 0 Å². The molecule has 0 saturated heterocycles. The lowest BCUT2D eigenvalue weighted by Crippen LogP contribution is -2.30. The van der Waals surface area contributed by atoms with Crippen molar-refractivity contribution in [1.82, 2.24) is 10.6 Å². The van der Waals surface area contributed by atoms with E-state index >= 15 is 0 Å². The normalized spacial score (nSPS) is 9.96. The average molecular weight is 312 g/mol. The van der Waals surface area contributed by atoms with Crippen molar-refractivity contribution in [3.63, 3.8) is 0 Å². The lowest BCUT2D eigenvalue weighted by atomic mass is 10.2. The summed E-state index contributed by atoms with van der Waals surface area (Å²) in [6, 6.07) is 16.6. The summed E-state index contributed by atoms with van der Waals surface area (Å²) in [6.45, 7) is 0.778. The van der Waals surface area contributed by atoms with Crippen molar-refractivity contribution in [2.24, 2.45) is 0 Å². The Bertz CT molecular complexity index is 656. The Labute approximate surface area is 135 Å². The van der Waals surface area contributed by atoms with Crippen molar-refractivity contribution in [2.75, 3.05) is 13.7 Å². The number of rotatable bonds is 7. The van der Waals surface area contributed by atoms with Gasteiger partial charge in [0.05, 0.1) is 7.11 Å². The van der Waals surface area contributed by atoms with Crippen LogP contribution in [0.2, 0.25) is 0 Å². The van der Waals surface area contributed by atoms with Gasteiger partial charge in [-0.25, -0.2) is 0 Å². The summed E-state index contributed by atoms with van der Waals surface area (Å²) in [5.41, 5.74) is 1.55. The van der Waals surface area contributed by atoms with E-state index in [4.69, 9.17) is 4.74 Å². The van der Waals surface area contributed by atoms with Gasteiger partial charge in [0.2, 0.25) is 5.91 Å². The Morgan fingerprint density at radius 3 is 2.52 bits per heavy atom. The quantitative estimate of drug-likeness (QED) is 0.823. The van der Waals surface area contributed by atoms with Crippen LogP contribution in [-0.2, 0) is 11.3 Å². The predicted octanol–water partition coefficient (Wildman–Crippen LogP) is 2.13. The maximum Gasteiger partial charge on any atom is 0.251 e. The van der Waals surface area contributed by atoms with Crippen molar-refractivity contribution in [2.45, 2.75) is 13.0 Å². The molecule has 0 saturated carbocycles. The highest BCUT2D eigenvalue weighted by Crippen LogP contribution is 2.12. The van der Waals surface area contributed by atoms with Crippen LogP contribution in [0, 0.1) is 0 Å². The van der Waals surface area contributed by atoms with Crippen molar-refractivity contribution < 1.29 is 14.3 Å². The second-order valence-electron chi connectivity index (χ2n) is 5.00. The molecule has 120 valence electrons. The Morgan fingerprint density at radius 2 is 1.78 bits per heavy atom. The Balaban J connectivity index is 1.71.